The minimum atomic E-state index is -4.83. The highest BCUT2D eigenvalue weighted by atomic mass is 32.2. The average molecular weight is 530 g/mol. The number of alkyl halides is 3. The second-order valence-corrected chi connectivity index (χ2v) is 10.0. The second kappa shape index (κ2) is 10.6. The van der Waals surface area contributed by atoms with E-state index in [2.05, 4.69) is 25.3 Å². The molecule has 194 valence electrons. The number of hydrogen-bond donors (Lipinski definition) is 3. The van der Waals surface area contributed by atoms with Crippen molar-refractivity contribution < 1.29 is 23.0 Å². The summed E-state index contributed by atoms with van der Waals surface area (Å²) in [5.41, 5.74) is 3.53. The lowest BCUT2D eigenvalue weighted by molar-refractivity contribution is -0.274. The zero-order valence-corrected chi connectivity index (χ0v) is 20.9. The van der Waals surface area contributed by atoms with Gasteiger partial charge in [-0.2, -0.15) is 4.98 Å². The first-order chi connectivity index (χ1) is 17.8. The molecule has 3 aromatic rings. The summed E-state index contributed by atoms with van der Waals surface area (Å²) in [6, 6.07) is 13.8. The zero-order chi connectivity index (χ0) is 26.0. The van der Waals surface area contributed by atoms with E-state index in [1.54, 1.807) is 17.8 Å². The second-order valence-electron chi connectivity index (χ2n) is 9.06. The van der Waals surface area contributed by atoms with Crippen LogP contribution in [0, 0.1) is 12.8 Å². The van der Waals surface area contributed by atoms with Crippen LogP contribution in [0.3, 0.4) is 0 Å². The molecule has 0 amide bonds. The van der Waals surface area contributed by atoms with Gasteiger partial charge in [-0.3, -0.25) is 0 Å². The zero-order valence-electron chi connectivity index (χ0n) is 20.0. The Labute approximate surface area is 216 Å². The van der Waals surface area contributed by atoms with Gasteiger partial charge >= 0.3 is 6.36 Å². The predicted octanol–water partition coefficient (Wildman–Crippen LogP) is 6.33. The maximum atomic E-state index is 12.9. The van der Waals surface area contributed by atoms with Crippen LogP contribution in [0.15, 0.2) is 53.5 Å². The van der Waals surface area contributed by atoms with Gasteiger partial charge in [-0.05, 0) is 55.9 Å². The van der Waals surface area contributed by atoms with E-state index in [9.17, 15) is 18.3 Å². The topological polar surface area (TPSA) is 91.7 Å². The SMILES string of the molecule is Cc1nc(Nc2ccccc2OC(F)(F)F)nc(NC2CCC(CO)C2)c1C1=Nc2ccccc2CS1. The molecule has 1 aliphatic heterocycles. The van der Waals surface area contributed by atoms with E-state index in [0.29, 0.717) is 11.5 Å². The number of aliphatic hydroxyl groups excluding tert-OH is 1. The van der Waals surface area contributed by atoms with Crippen molar-refractivity contribution in [3.8, 4) is 5.75 Å². The minimum absolute atomic E-state index is 0.0949. The maximum absolute atomic E-state index is 12.9. The number of hydrogen-bond acceptors (Lipinski definition) is 8. The van der Waals surface area contributed by atoms with Crippen LogP contribution < -0.4 is 15.4 Å². The van der Waals surface area contributed by atoms with Gasteiger partial charge in [-0.25, -0.2) is 9.98 Å². The highest BCUT2D eigenvalue weighted by molar-refractivity contribution is 8.13. The molecule has 1 aromatic heterocycles. The van der Waals surface area contributed by atoms with Crippen LogP contribution >= 0.6 is 11.8 Å². The smallest absolute Gasteiger partial charge is 0.404 e. The van der Waals surface area contributed by atoms with Crippen LogP contribution in [0.5, 0.6) is 5.75 Å². The summed E-state index contributed by atoms with van der Waals surface area (Å²) in [5.74, 6) is 1.30. The largest absolute Gasteiger partial charge is 0.573 e. The Kier molecular flexibility index (Phi) is 7.25. The number of nitrogens with one attached hydrogen (secondary N) is 2. The molecule has 2 unspecified atom stereocenters. The Balaban J connectivity index is 1.52. The molecule has 3 N–H and O–H groups in total. The number of thioether (sulfide) groups is 1. The number of benzene rings is 2. The standard InChI is InChI=1S/C26H26F3N5O2S/c1-15-22(24-32-19-7-3-2-6-17(19)14-37-24)23(31-18-11-10-16(12-18)13-35)34-25(30-15)33-20-8-4-5-9-21(20)36-26(27,28)29/h2-9,16,18,35H,10-14H2,1H3,(H2,30,31,33,34). The summed E-state index contributed by atoms with van der Waals surface area (Å²) in [5, 5.41) is 16.8. The Hall–Kier alpha value is -3.31. The molecule has 1 saturated carbocycles. The summed E-state index contributed by atoms with van der Waals surface area (Å²) >= 11 is 1.59. The van der Waals surface area contributed by atoms with Crippen molar-refractivity contribution in [1.82, 2.24) is 9.97 Å². The fraction of sp³-hybridized carbons (Fsp3) is 0.346. The number of ether oxygens (including phenoxy) is 1. The van der Waals surface area contributed by atoms with E-state index in [4.69, 9.17) is 4.99 Å². The van der Waals surface area contributed by atoms with E-state index < -0.39 is 6.36 Å². The Morgan fingerprint density at radius 1 is 1.08 bits per heavy atom. The van der Waals surface area contributed by atoms with Crippen molar-refractivity contribution in [3.63, 3.8) is 0 Å². The lowest BCUT2D eigenvalue weighted by Crippen LogP contribution is -2.21. The third-order valence-electron chi connectivity index (χ3n) is 6.38. The van der Waals surface area contributed by atoms with Gasteiger partial charge in [0.1, 0.15) is 10.9 Å². The van der Waals surface area contributed by atoms with Crippen LogP contribution in [0.4, 0.5) is 36.3 Å². The van der Waals surface area contributed by atoms with Crippen LogP contribution in [0.25, 0.3) is 0 Å². The maximum Gasteiger partial charge on any atom is 0.573 e. The van der Waals surface area contributed by atoms with Crippen LogP contribution in [0.1, 0.15) is 36.1 Å². The highest BCUT2D eigenvalue weighted by Gasteiger charge is 2.32. The van der Waals surface area contributed by atoms with Crippen molar-refractivity contribution in [2.45, 2.75) is 44.3 Å². The first-order valence-electron chi connectivity index (χ1n) is 12.0. The third kappa shape index (κ3) is 5.99. The summed E-state index contributed by atoms with van der Waals surface area (Å²) in [4.78, 5) is 14.1. The number of aromatic nitrogens is 2. The van der Waals surface area contributed by atoms with Crippen molar-refractivity contribution in [3.05, 3.63) is 65.4 Å². The molecule has 2 aromatic carbocycles. The number of anilines is 3. The molecule has 7 nitrogen and oxygen atoms in total. The van der Waals surface area contributed by atoms with Gasteiger partial charge in [0.05, 0.1) is 22.6 Å². The summed E-state index contributed by atoms with van der Waals surface area (Å²) < 4.78 is 42.9. The quantitative estimate of drug-likeness (QED) is 0.330. The molecule has 2 heterocycles. The van der Waals surface area contributed by atoms with Gasteiger partial charge in [-0.1, -0.05) is 30.3 Å². The van der Waals surface area contributed by atoms with Gasteiger partial charge in [-0.15, -0.1) is 24.9 Å². The molecular weight excluding hydrogens is 503 g/mol. The van der Waals surface area contributed by atoms with Crippen LogP contribution in [-0.2, 0) is 5.75 Å². The number of halogens is 3. The van der Waals surface area contributed by atoms with Gasteiger partial charge < -0.3 is 20.5 Å². The number of aryl methyl sites for hydroxylation is 1. The molecule has 2 aliphatic rings. The fourth-order valence-corrected chi connectivity index (χ4v) is 5.70. The lowest BCUT2D eigenvalue weighted by Gasteiger charge is -2.22. The van der Waals surface area contributed by atoms with E-state index in [1.807, 2.05) is 31.2 Å². The van der Waals surface area contributed by atoms with Crippen molar-refractivity contribution >= 4 is 39.9 Å². The average Bonchev–Trinajstić information content (AvgIpc) is 3.31. The monoisotopic (exact) mass is 529 g/mol. The lowest BCUT2D eigenvalue weighted by atomic mass is 10.1. The van der Waals surface area contributed by atoms with E-state index in [0.717, 1.165) is 46.9 Å². The Bertz CT molecular complexity index is 1320. The number of aliphatic imine (C=N–C) groups is 1. The van der Waals surface area contributed by atoms with Gasteiger partial charge in [0.2, 0.25) is 5.95 Å². The van der Waals surface area contributed by atoms with E-state index in [1.165, 1.54) is 18.2 Å². The number of aliphatic hydroxyl groups is 1. The molecule has 11 heteroatoms. The molecule has 0 bridgehead atoms. The Morgan fingerprint density at radius 2 is 1.86 bits per heavy atom. The fourth-order valence-electron chi connectivity index (χ4n) is 4.62. The van der Waals surface area contributed by atoms with Gasteiger partial charge in [0.25, 0.3) is 0 Å². The number of para-hydroxylation sites is 3. The third-order valence-corrected chi connectivity index (χ3v) is 7.41. The van der Waals surface area contributed by atoms with Gasteiger partial charge in [0, 0.05) is 18.4 Å². The minimum Gasteiger partial charge on any atom is -0.404 e. The molecule has 0 saturated heterocycles. The molecule has 5 rings (SSSR count). The normalized spacial score (nSPS) is 19.2. The number of fused-ring (bicyclic) bond motifs is 1. The number of nitrogens with zero attached hydrogens (tertiary/aromatic N) is 3. The molecule has 0 spiro atoms. The first-order valence-corrected chi connectivity index (χ1v) is 12.9. The molecule has 2 atom stereocenters. The van der Waals surface area contributed by atoms with Crippen LogP contribution in [0.2, 0.25) is 0 Å². The molecule has 1 aliphatic carbocycles. The highest BCUT2D eigenvalue weighted by Crippen LogP contribution is 2.38. The molecule has 37 heavy (non-hydrogen) atoms. The van der Waals surface area contributed by atoms with E-state index in [-0.39, 0.29) is 36.0 Å². The predicted molar refractivity (Wildman–Crippen MR) is 139 cm³/mol. The van der Waals surface area contributed by atoms with Gasteiger partial charge in [0.15, 0.2) is 5.75 Å². The Morgan fingerprint density at radius 3 is 2.65 bits per heavy atom. The summed E-state index contributed by atoms with van der Waals surface area (Å²) in [7, 11) is 0. The number of rotatable bonds is 7. The summed E-state index contributed by atoms with van der Waals surface area (Å²) in [6.45, 7) is 1.97. The molecular formula is C26H26F3N5O2S. The van der Waals surface area contributed by atoms with Crippen molar-refractivity contribution in [2.24, 2.45) is 10.9 Å². The summed E-state index contributed by atoms with van der Waals surface area (Å²) in [6.07, 6.45) is -2.25. The first kappa shape index (κ1) is 25.3. The van der Waals surface area contributed by atoms with E-state index >= 15 is 0 Å². The molecule has 0 radical (unpaired) electrons. The van der Waals surface area contributed by atoms with Crippen LogP contribution in [-0.4, -0.2) is 39.1 Å². The van der Waals surface area contributed by atoms with Crippen molar-refractivity contribution in [2.75, 3.05) is 17.2 Å². The molecule has 1 fully saturated rings. The van der Waals surface area contributed by atoms with Crippen molar-refractivity contribution in [1.29, 1.82) is 0 Å².